The second-order valence-electron chi connectivity index (χ2n) is 5.39. The maximum absolute atomic E-state index is 10.0. The molecule has 0 unspecified atom stereocenters. The molecule has 0 aliphatic carbocycles. The number of pyridine rings is 1. The molecule has 118 valence electrons. The maximum atomic E-state index is 10.0. The van der Waals surface area contributed by atoms with Crippen LogP contribution in [0.2, 0.25) is 0 Å². The number of ether oxygens (including phenoxy) is 1. The van der Waals surface area contributed by atoms with Crippen molar-refractivity contribution in [3.63, 3.8) is 0 Å². The van der Waals surface area contributed by atoms with Crippen molar-refractivity contribution in [1.82, 2.24) is 14.8 Å². The van der Waals surface area contributed by atoms with E-state index in [-0.39, 0.29) is 12.5 Å². The van der Waals surface area contributed by atoms with E-state index in [9.17, 15) is 5.11 Å². The molecule has 2 heterocycles. The van der Waals surface area contributed by atoms with Gasteiger partial charge in [0.25, 0.3) is 0 Å². The first-order valence-electron chi connectivity index (χ1n) is 7.60. The number of rotatable bonds is 4. The molecule has 4 aromatic rings. The van der Waals surface area contributed by atoms with E-state index in [0.29, 0.717) is 11.5 Å². The van der Waals surface area contributed by atoms with Gasteiger partial charge >= 0.3 is 0 Å². The molecule has 0 bridgehead atoms. The summed E-state index contributed by atoms with van der Waals surface area (Å²) in [4.78, 5) is 4.18. The molecule has 0 fully saturated rings. The second kappa shape index (κ2) is 6.04. The number of hydrogen-bond donors (Lipinski definition) is 1. The topological polar surface area (TPSA) is 60.2 Å². The molecule has 4 rings (SSSR count). The number of benzene rings is 2. The van der Waals surface area contributed by atoms with Gasteiger partial charge in [-0.1, -0.05) is 36.4 Å². The lowest BCUT2D eigenvalue weighted by molar-refractivity contribution is 0.301. The van der Waals surface area contributed by atoms with Gasteiger partial charge < -0.3 is 9.84 Å². The van der Waals surface area contributed by atoms with Crippen molar-refractivity contribution in [2.24, 2.45) is 0 Å². The van der Waals surface area contributed by atoms with Crippen molar-refractivity contribution in [3.8, 4) is 17.4 Å². The maximum Gasteiger partial charge on any atom is 0.215 e. The van der Waals surface area contributed by atoms with Gasteiger partial charge in [0, 0.05) is 12.3 Å². The lowest BCUT2D eigenvalue weighted by Gasteiger charge is -2.05. The Balaban J connectivity index is 1.53. The van der Waals surface area contributed by atoms with Crippen LogP contribution in [0, 0.1) is 0 Å². The molecule has 0 aliphatic rings. The Morgan fingerprint density at radius 1 is 0.917 bits per heavy atom. The van der Waals surface area contributed by atoms with E-state index in [0.717, 1.165) is 11.1 Å². The van der Waals surface area contributed by atoms with Gasteiger partial charge in [-0.05, 0) is 35.0 Å². The Morgan fingerprint density at radius 2 is 1.75 bits per heavy atom. The van der Waals surface area contributed by atoms with Gasteiger partial charge in [0.05, 0.1) is 0 Å². The van der Waals surface area contributed by atoms with E-state index in [1.807, 2.05) is 48.5 Å². The van der Waals surface area contributed by atoms with Crippen LogP contribution in [-0.4, -0.2) is 19.9 Å². The van der Waals surface area contributed by atoms with Gasteiger partial charge in [0.1, 0.15) is 18.1 Å². The molecule has 2 aromatic carbocycles. The van der Waals surface area contributed by atoms with Crippen molar-refractivity contribution in [1.29, 1.82) is 0 Å². The van der Waals surface area contributed by atoms with Gasteiger partial charge in [-0.3, -0.25) is 0 Å². The quantitative estimate of drug-likeness (QED) is 0.623. The molecule has 5 nitrogen and oxygen atoms in total. The zero-order valence-electron chi connectivity index (χ0n) is 12.8. The molecular formula is C19H15N3O2. The lowest BCUT2D eigenvalue weighted by atomic mass is 10.1. The summed E-state index contributed by atoms with van der Waals surface area (Å²) in [5.74, 6) is 1.36. The van der Waals surface area contributed by atoms with Crippen LogP contribution in [-0.2, 0) is 6.61 Å². The molecule has 2 aromatic heterocycles. The number of fused-ring (bicyclic) bond motifs is 1. The van der Waals surface area contributed by atoms with Crippen LogP contribution in [0.3, 0.4) is 0 Å². The Kier molecular flexibility index (Phi) is 3.59. The fourth-order valence-electron chi connectivity index (χ4n) is 2.55. The van der Waals surface area contributed by atoms with Crippen molar-refractivity contribution in [2.45, 2.75) is 6.61 Å². The average Bonchev–Trinajstić information content (AvgIpc) is 3.01. The predicted molar refractivity (Wildman–Crippen MR) is 91.3 cm³/mol. The minimum atomic E-state index is 0.0332. The van der Waals surface area contributed by atoms with E-state index in [2.05, 4.69) is 16.1 Å². The summed E-state index contributed by atoms with van der Waals surface area (Å²) >= 11 is 0. The lowest BCUT2D eigenvalue weighted by Crippen LogP contribution is -2.01. The van der Waals surface area contributed by atoms with Crippen molar-refractivity contribution >= 4 is 10.8 Å². The second-order valence-corrected chi connectivity index (χ2v) is 5.39. The molecule has 0 spiro atoms. The van der Waals surface area contributed by atoms with E-state index in [4.69, 9.17) is 4.74 Å². The number of aromatic hydroxyl groups is 1. The molecule has 5 heteroatoms. The Labute approximate surface area is 138 Å². The van der Waals surface area contributed by atoms with Crippen LogP contribution < -0.4 is 4.74 Å². The van der Waals surface area contributed by atoms with Crippen LogP contribution in [0.15, 0.2) is 72.9 Å². The molecular weight excluding hydrogens is 302 g/mol. The predicted octanol–water partition coefficient (Wildman–Crippen LogP) is 3.71. The van der Waals surface area contributed by atoms with E-state index >= 15 is 0 Å². The number of hydrogen-bond acceptors (Lipinski definition) is 4. The van der Waals surface area contributed by atoms with Gasteiger partial charge in [-0.15, -0.1) is 0 Å². The summed E-state index contributed by atoms with van der Waals surface area (Å²) in [5, 5.41) is 16.7. The number of nitrogens with zero attached hydrogens (tertiary/aromatic N) is 3. The fraction of sp³-hybridized carbons (Fsp3) is 0.0526. The highest BCUT2D eigenvalue weighted by atomic mass is 16.5. The number of aromatic nitrogens is 3. The third-order valence-electron chi connectivity index (χ3n) is 3.72. The van der Waals surface area contributed by atoms with Crippen molar-refractivity contribution in [2.75, 3.05) is 0 Å². The molecule has 0 aliphatic heterocycles. The Morgan fingerprint density at radius 3 is 2.58 bits per heavy atom. The first kappa shape index (κ1) is 14.3. The first-order chi connectivity index (χ1) is 11.8. The summed E-state index contributed by atoms with van der Waals surface area (Å²) in [7, 11) is 0. The van der Waals surface area contributed by atoms with Gasteiger partial charge in [0.2, 0.25) is 5.88 Å². The molecule has 1 N–H and O–H groups in total. The normalized spacial score (nSPS) is 10.8. The van der Waals surface area contributed by atoms with E-state index < -0.39 is 0 Å². The molecule has 24 heavy (non-hydrogen) atoms. The zero-order chi connectivity index (χ0) is 16.4. The van der Waals surface area contributed by atoms with E-state index in [1.165, 1.54) is 10.1 Å². The first-order valence-corrected chi connectivity index (χ1v) is 7.60. The Bertz CT molecular complexity index is 980. The summed E-state index contributed by atoms with van der Waals surface area (Å²) in [6.07, 6.45) is 1.65. The molecule has 0 atom stereocenters. The van der Waals surface area contributed by atoms with Crippen LogP contribution in [0.25, 0.3) is 16.6 Å². The van der Waals surface area contributed by atoms with Gasteiger partial charge in [-0.2, -0.15) is 9.78 Å². The fourth-order valence-corrected chi connectivity index (χ4v) is 2.55. The largest absolute Gasteiger partial charge is 0.493 e. The van der Waals surface area contributed by atoms with E-state index in [1.54, 1.807) is 18.3 Å². The summed E-state index contributed by atoms with van der Waals surface area (Å²) in [6, 6.07) is 21.1. The third-order valence-corrected chi connectivity index (χ3v) is 3.72. The highest BCUT2D eigenvalue weighted by Crippen LogP contribution is 2.22. The van der Waals surface area contributed by atoms with Crippen LogP contribution in [0.1, 0.15) is 5.69 Å². The Hall–Kier alpha value is -3.34. The monoisotopic (exact) mass is 317 g/mol. The van der Waals surface area contributed by atoms with Crippen LogP contribution in [0.4, 0.5) is 0 Å². The summed E-state index contributed by atoms with van der Waals surface area (Å²) in [6.45, 7) is 0.270. The minimum Gasteiger partial charge on any atom is -0.493 e. The minimum absolute atomic E-state index is 0.0332. The highest BCUT2D eigenvalue weighted by Gasteiger charge is 2.10. The van der Waals surface area contributed by atoms with Gasteiger partial charge in [0.15, 0.2) is 5.82 Å². The molecule has 0 saturated carbocycles. The average molecular weight is 317 g/mol. The van der Waals surface area contributed by atoms with Crippen LogP contribution >= 0.6 is 0 Å². The zero-order valence-corrected chi connectivity index (χ0v) is 12.8. The standard InChI is InChI=1S/C19H15N3O2/c23-19-12-16(21-22(19)18-7-3-4-10-20-18)13-24-17-9-8-14-5-1-2-6-15(14)11-17/h1-12,23H,13H2. The summed E-state index contributed by atoms with van der Waals surface area (Å²) in [5.41, 5.74) is 0.631. The third kappa shape index (κ3) is 2.79. The smallest absolute Gasteiger partial charge is 0.215 e. The van der Waals surface area contributed by atoms with Crippen molar-refractivity contribution < 1.29 is 9.84 Å². The molecule has 0 radical (unpaired) electrons. The molecule has 0 amide bonds. The highest BCUT2D eigenvalue weighted by molar-refractivity contribution is 5.83. The SMILES string of the molecule is Oc1cc(COc2ccc3ccccc3c2)nn1-c1ccccn1. The van der Waals surface area contributed by atoms with Gasteiger partial charge in [-0.25, -0.2) is 4.98 Å². The summed E-state index contributed by atoms with van der Waals surface area (Å²) < 4.78 is 7.18. The van der Waals surface area contributed by atoms with Crippen LogP contribution in [0.5, 0.6) is 11.6 Å². The molecule has 0 saturated heterocycles. The van der Waals surface area contributed by atoms with Crippen molar-refractivity contribution in [3.05, 3.63) is 78.6 Å².